The van der Waals surface area contributed by atoms with E-state index < -0.39 is 17.9 Å². The van der Waals surface area contributed by atoms with Crippen molar-refractivity contribution in [2.24, 2.45) is 5.73 Å². The van der Waals surface area contributed by atoms with Gasteiger partial charge >= 0.3 is 6.18 Å². The second kappa shape index (κ2) is 6.65. The monoisotopic (exact) mass is 326 g/mol. The first-order chi connectivity index (χ1) is 9.29. The smallest absolute Gasteiger partial charge is 0.341 e. The lowest BCUT2D eigenvalue weighted by atomic mass is 10.0. The zero-order valence-electron chi connectivity index (χ0n) is 11.5. The normalized spacial score (nSPS) is 18.2. The molecule has 0 saturated carbocycles. The zero-order valence-corrected chi connectivity index (χ0v) is 12.3. The van der Waals surface area contributed by atoms with Crippen LogP contribution in [0.25, 0.3) is 0 Å². The SMILES string of the molecule is CC(N)C(=O)N1CCC(n2ccc(C(F)(F)F)n2)CC1.Cl. The Morgan fingerprint density at radius 3 is 2.43 bits per heavy atom. The highest BCUT2D eigenvalue weighted by Crippen LogP contribution is 2.29. The van der Waals surface area contributed by atoms with Gasteiger partial charge in [-0.15, -0.1) is 12.4 Å². The van der Waals surface area contributed by atoms with Gasteiger partial charge in [-0.05, 0) is 25.8 Å². The molecule has 0 radical (unpaired) electrons. The molecule has 1 amide bonds. The van der Waals surface area contributed by atoms with Gasteiger partial charge in [0.15, 0.2) is 5.69 Å². The van der Waals surface area contributed by atoms with Crippen molar-refractivity contribution in [1.29, 1.82) is 0 Å². The highest BCUT2D eigenvalue weighted by Gasteiger charge is 2.34. The van der Waals surface area contributed by atoms with Gasteiger partial charge in [0.1, 0.15) is 0 Å². The molecule has 1 atom stereocenters. The van der Waals surface area contributed by atoms with Gasteiger partial charge in [-0.3, -0.25) is 9.48 Å². The van der Waals surface area contributed by atoms with Crippen LogP contribution in [0.2, 0.25) is 0 Å². The maximum atomic E-state index is 12.5. The molecule has 0 bridgehead atoms. The van der Waals surface area contributed by atoms with Gasteiger partial charge in [-0.25, -0.2) is 0 Å². The highest BCUT2D eigenvalue weighted by molar-refractivity contribution is 5.85. The van der Waals surface area contributed by atoms with Crippen LogP contribution in [0.4, 0.5) is 13.2 Å². The van der Waals surface area contributed by atoms with Gasteiger partial charge in [0.2, 0.25) is 5.91 Å². The summed E-state index contributed by atoms with van der Waals surface area (Å²) in [6, 6.07) is 0.316. The van der Waals surface area contributed by atoms with E-state index in [1.807, 2.05) is 0 Å². The van der Waals surface area contributed by atoms with Crippen LogP contribution in [0, 0.1) is 0 Å². The van der Waals surface area contributed by atoms with Crippen molar-refractivity contribution in [2.45, 2.75) is 38.0 Å². The summed E-state index contributed by atoms with van der Waals surface area (Å²) in [5.41, 5.74) is 4.65. The molecule has 1 aromatic rings. The Kier molecular flexibility index (Phi) is 5.63. The predicted molar refractivity (Wildman–Crippen MR) is 73.0 cm³/mol. The van der Waals surface area contributed by atoms with Crippen LogP contribution in [0.1, 0.15) is 31.5 Å². The van der Waals surface area contributed by atoms with Crippen molar-refractivity contribution in [3.63, 3.8) is 0 Å². The number of carbonyl (C=O) groups excluding carboxylic acids is 1. The molecule has 1 unspecified atom stereocenters. The third kappa shape index (κ3) is 4.10. The number of amides is 1. The standard InChI is InChI=1S/C12H17F3N4O.ClH/c1-8(16)11(20)18-5-2-9(3-6-18)19-7-4-10(17-19)12(13,14)15;/h4,7-9H,2-3,5-6,16H2,1H3;1H. The lowest BCUT2D eigenvalue weighted by molar-refractivity contribution is -0.141. The minimum Gasteiger partial charge on any atom is -0.341 e. The molecular weight excluding hydrogens is 309 g/mol. The van der Waals surface area contributed by atoms with E-state index in [1.54, 1.807) is 11.8 Å². The largest absolute Gasteiger partial charge is 0.435 e. The van der Waals surface area contributed by atoms with Crippen molar-refractivity contribution in [3.8, 4) is 0 Å². The summed E-state index contributed by atoms with van der Waals surface area (Å²) in [5, 5.41) is 3.57. The van der Waals surface area contributed by atoms with E-state index in [9.17, 15) is 18.0 Å². The van der Waals surface area contributed by atoms with Crippen LogP contribution in [0.3, 0.4) is 0 Å². The van der Waals surface area contributed by atoms with Crippen LogP contribution in [-0.2, 0) is 11.0 Å². The molecule has 1 fully saturated rings. The number of carbonyl (C=O) groups is 1. The van der Waals surface area contributed by atoms with Crippen molar-refractivity contribution in [3.05, 3.63) is 18.0 Å². The topological polar surface area (TPSA) is 64.2 Å². The summed E-state index contributed by atoms with van der Waals surface area (Å²) >= 11 is 0. The summed E-state index contributed by atoms with van der Waals surface area (Å²) in [4.78, 5) is 13.4. The molecule has 0 aliphatic carbocycles. The summed E-state index contributed by atoms with van der Waals surface area (Å²) in [7, 11) is 0. The molecule has 1 aliphatic rings. The van der Waals surface area contributed by atoms with E-state index in [-0.39, 0.29) is 24.4 Å². The van der Waals surface area contributed by atoms with Crippen molar-refractivity contribution in [1.82, 2.24) is 14.7 Å². The number of alkyl halides is 3. The van der Waals surface area contributed by atoms with Crippen molar-refractivity contribution >= 4 is 18.3 Å². The molecule has 120 valence electrons. The Bertz CT molecular complexity index is 481. The Morgan fingerprint density at radius 2 is 2.00 bits per heavy atom. The van der Waals surface area contributed by atoms with Crippen LogP contribution in [0.15, 0.2) is 12.3 Å². The summed E-state index contributed by atoms with van der Waals surface area (Å²) in [5.74, 6) is -0.125. The maximum Gasteiger partial charge on any atom is 0.435 e. The molecule has 0 spiro atoms. The Morgan fingerprint density at radius 1 is 1.43 bits per heavy atom. The van der Waals surface area contributed by atoms with Crippen LogP contribution in [-0.4, -0.2) is 39.7 Å². The number of likely N-dealkylation sites (tertiary alicyclic amines) is 1. The van der Waals surface area contributed by atoms with E-state index in [1.165, 1.54) is 10.9 Å². The van der Waals surface area contributed by atoms with E-state index in [2.05, 4.69) is 5.10 Å². The average Bonchev–Trinajstić information content (AvgIpc) is 2.87. The van der Waals surface area contributed by atoms with E-state index >= 15 is 0 Å². The zero-order chi connectivity index (χ0) is 14.9. The molecule has 1 aromatic heterocycles. The number of aromatic nitrogens is 2. The number of rotatable bonds is 2. The van der Waals surface area contributed by atoms with E-state index in [4.69, 9.17) is 5.73 Å². The van der Waals surface area contributed by atoms with Gasteiger partial charge in [-0.1, -0.05) is 0 Å². The molecule has 0 aromatic carbocycles. The second-order valence-electron chi connectivity index (χ2n) is 5.02. The van der Waals surface area contributed by atoms with Gasteiger partial charge in [-0.2, -0.15) is 18.3 Å². The van der Waals surface area contributed by atoms with Gasteiger partial charge in [0.25, 0.3) is 0 Å². The Balaban J connectivity index is 0.00000220. The van der Waals surface area contributed by atoms with Crippen LogP contribution < -0.4 is 5.73 Å². The minimum atomic E-state index is -4.42. The molecule has 1 saturated heterocycles. The molecule has 21 heavy (non-hydrogen) atoms. The molecular formula is C12H18ClF3N4O. The lowest BCUT2D eigenvalue weighted by Gasteiger charge is -2.33. The van der Waals surface area contributed by atoms with Crippen LogP contribution in [0.5, 0.6) is 0 Å². The van der Waals surface area contributed by atoms with Crippen LogP contribution >= 0.6 is 12.4 Å². The fourth-order valence-corrected chi connectivity index (χ4v) is 2.33. The fraction of sp³-hybridized carbons (Fsp3) is 0.667. The van der Waals surface area contributed by atoms with Gasteiger partial charge in [0.05, 0.1) is 12.1 Å². The Labute approximate surface area is 126 Å². The Hall–Kier alpha value is -1.28. The predicted octanol–water partition coefficient (Wildman–Crippen LogP) is 1.83. The van der Waals surface area contributed by atoms with E-state index in [0.717, 1.165) is 6.07 Å². The summed E-state index contributed by atoms with van der Waals surface area (Å²) in [6.45, 7) is 2.61. The average molecular weight is 327 g/mol. The number of hydrogen-bond acceptors (Lipinski definition) is 3. The van der Waals surface area contributed by atoms with Crippen molar-refractivity contribution in [2.75, 3.05) is 13.1 Å². The van der Waals surface area contributed by atoms with Gasteiger partial charge < -0.3 is 10.6 Å². The molecule has 1 aliphatic heterocycles. The number of hydrogen-bond donors (Lipinski definition) is 1. The number of halogens is 4. The molecule has 2 N–H and O–H groups in total. The minimum absolute atomic E-state index is 0. The fourth-order valence-electron chi connectivity index (χ4n) is 2.33. The number of piperidine rings is 1. The first-order valence-electron chi connectivity index (χ1n) is 6.46. The molecule has 2 heterocycles. The first kappa shape index (κ1) is 17.8. The third-order valence-corrected chi connectivity index (χ3v) is 3.44. The van der Waals surface area contributed by atoms with Crippen molar-refractivity contribution < 1.29 is 18.0 Å². The summed E-state index contributed by atoms with van der Waals surface area (Å²) < 4.78 is 38.8. The third-order valence-electron chi connectivity index (χ3n) is 3.44. The molecule has 5 nitrogen and oxygen atoms in total. The maximum absolute atomic E-state index is 12.5. The van der Waals surface area contributed by atoms with Gasteiger partial charge in [0, 0.05) is 19.3 Å². The molecule has 2 rings (SSSR count). The molecule has 9 heteroatoms. The lowest BCUT2D eigenvalue weighted by Crippen LogP contribution is -2.46. The van der Waals surface area contributed by atoms with E-state index in [0.29, 0.717) is 25.9 Å². The number of nitrogens with two attached hydrogens (primary N) is 1. The second-order valence-corrected chi connectivity index (χ2v) is 5.02. The summed E-state index contributed by atoms with van der Waals surface area (Å²) in [6.07, 6.45) is -1.91. The first-order valence-corrected chi connectivity index (χ1v) is 6.46. The quantitative estimate of drug-likeness (QED) is 0.902. The highest BCUT2D eigenvalue weighted by atomic mass is 35.5. The number of nitrogens with zero attached hydrogens (tertiary/aromatic N) is 3.